The lowest BCUT2D eigenvalue weighted by molar-refractivity contribution is 0.0938. The molecule has 0 amide bonds. The number of hydrogen-bond donors (Lipinski definition) is 0. The molecular weight excluding hydrogens is 257 g/mol. The van der Waals surface area contributed by atoms with Crippen molar-refractivity contribution in [1.82, 2.24) is 14.8 Å². The summed E-state index contributed by atoms with van der Waals surface area (Å²) in [6.07, 6.45) is 0. The average Bonchev–Trinajstić information content (AvgIpc) is 2.25. The van der Waals surface area contributed by atoms with E-state index in [1.54, 1.807) is 6.07 Å². The second kappa shape index (κ2) is 5.53. The minimum absolute atomic E-state index is 0.449. The first-order valence-electron chi connectivity index (χ1n) is 5.80. The Balaban J connectivity index is 2.05. The summed E-state index contributed by atoms with van der Waals surface area (Å²) in [5, 5.41) is 0.966. The van der Waals surface area contributed by atoms with Crippen molar-refractivity contribution in [2.24, 2.45) is 0 Å². The topological polar surface area (TPSA) is 19.4 Å². The second-order valence-corrected chi connectivity index (χ2v) is 5.41. The Bertz CT molecular complexity index is 397. The zero-order chi connectivity index (χ0) is 12.4. The second-order valence-electron chi connectivity index (χ2n) is 4.67. The van der Waals surface area contributed by atoms with Crippen molar-refractivity contribution >= 4 is 23.2 Å². The first-order valence-corrected chi connectivity index (χ1v) is 6.55. The number of likely N-dealkylation sites (N-methyl/N-ethyl adjacent to an activating group) is 1. The van der Waals surface area contributed by atoms with E-state index in [4.69, 9.17) is 23.2 Å². The number of halogens is 2. The maximum absolute atomic E-state index is 6.09. The third-order valence-corrected chi connectivity index (χ3v) is 3.77. The van der Waals surface area contributed by atoms with Crippen molar-refractivity contribution in [2.75, 3.05) is 26.7 Å². The van der Waals surface area contributed by atoms with E-state index in [-0.39, 0.29) is 0 Å². The summed E-state index contributed by atoms with van der Waals surface area (Å²) in [7, 11) is 2.16. The maximum atomic E-state index is 6.09. The molecule has 0 N–H and O–H groups in total. The number of hydrogen-bond acceptors (Lipinski definition) is 3. The first-order chi connectivity index (χ1) is 8.06. The molecular formula is C12H17Cl2N3. The Kier molecular flexibility index (Phi) is 4.26. The van der Waals surface area contributed by atoms with E-state index in [0.717, 1.165) is 31.7 Å². The van der Waals surface area contributed by atoms with Crippen LogP contribution < -0.4 is 0 Å². The molecule has 0 aliphatic carbocycles. The standard InChI is InChI=1S/C12H17Cl2N3/c1-9-7-16(2)5-6-17(9)8-10-3-4-11(13)15-12(10)14/h3-4,9H,5-8H2,1-2H3. The van der Waals surface area contributed by atoms with Crippen molar-refractivity contribution in [3.63, 3.8) is 0 Å². The molecule has 1 saturated heterocycles. The highest BCUT2D eigenvalue weighted by molar-refractivity contribution is 6.32. The molecule has 1 atom stereocenters. The fourth-order valence-electron chi connectivity index (χ4n) is 2.19. The molecule has 17 heavy (non-hydrogen) atoms. The lowest BCUT2D eigenvalue weighted by Crippen LogP contribution is -2.49. The largest absolute Gasteiger partial charge is 0.304 e. The van der Waals surface area contributed by atoms with Gasteiger partial charge >= 0.3 is 0 Å². The van der Waals surface area contributed by atoms with Gasteiger partial charge in [0.05, 0.1) is 0 Å². The minimum atomic E-state index is 0.449. The molecule has 5 heteroatoms. The third kappa shape index (κ3) is 3.32. The van der Waals surface area contributed by atoms with Gasteiger partial charge in [0.2, 0.25) is 0 Å². The smallest absolute Gasteiger partial charge is 0.135 e. The van der Waals surface area contributed by atoms with Crippen LogP contribution in [0.1, 0.15) is 12.5 Å². The molecule has 1 fully saturated rings. The predicted octanol–water partition coefficient (Wildman–Crippen LogP) is 2.52. The van der Waals surface area contributed by atoms with Gasteiger partial charge in [-0.05, 0) is 20.0 Å². The molecule has 1 aliphatic rings. The summed E-state index contributed by atoms with van der Waals surface area (Å²) in [6.45, 7) is 6.35. The molecule has 0 aromatic carbocycles. The van der Waals surface area contributed by atoms with Crippen LogP contribution in [0, 0.1) is 0 Å². The number of nitrogens with zero attached hydrogens (tertiary/aromatic N) is 3. The Morgan fingerprint density at radius 1 is 1.35 bits per heavy atom. The average molecular weight is 274 g/mol. The molecule has 2 rings (SSSR count). The van der Waals surface area contributed by atoms with E-state index < -0.39 is 0 Å². The monoisotopic (exact) mass is 273 g/mol. The normalized spacial score (nSPS) is 22.9. The predicted molar refractivity (Wildman–Crippen MR) is 71.6 cm³/mol. The highest BCUT2D eigenvalue weighted by atomic mass is 35.5. The molecule has 3 nitrogen and oxygen atoms in total. The van der Waals surface area contributed by atoms with E-state index in [9.17, 15) is 0 Å². The summed E-state index contributed by atoms with van der Waals surface area (Å²) in [4.78, 5) is 8.85. The molecule has 94 valence electrons. The van der Waals surface area contributed by atoms with E-state index in [2.05, 4.69) is 28.8 Å². The lowest BCUT2D eigenvalue weighted by Gasteiger charge is -2.38. The molecule has 1 aromatic rings. The molecule has 1 aromatic heterocycles. The van der Waals surface area contributed by atoms with Crippen molar-refractivity contribution in [3.05, 3.63) is 28.0 Å². The lowest BCUT2D eigenvalue weighted by atomic mass is 10.1. The van der Waals surface area contributed by atoms with Gasteiger partial charge in [-0.2, -0.15) is 0 Å². The van der Waals surface area contributed by atoms with Crippen LogP contribution in [0.15, 0.2) is 12.1 Å². The Labute approximate surface area is 112 Å². The van der Waals surface area contributed by atoms with Crippen molar-refractivity contribution in [3.8, 4) is 0 Å². The Morgan fingerprint density at radius 3 is 2.76 bits per heavy atom. The Hall–Kier alpha value is -0.350. The van der Waals surface area contributed by atoms with Gasteiger partial charge < -0.3 is 4.90 Å². The summed E-state index contributed by atoms with van der Waals surface area (Å²) >= 11 is 11.9. The van der Waals surface area contributed by atoms with Gasteiger partial charge in [-0.25, -0.2) is 4.98 Å². The number of pyridine rings is 1. The summed E-state index contributed by atoms with van der Waals surface area (Å²) in [6, 6.07) is 4.30. The Morgan fingerprint density at radius 2 is 2.12 bits per heavy atom. The van der Waals surface area contributed by atoms with E-state index in [1.807, 2.05) is 6.07 Å². The van der Waals surface area contributed by atoms with Gasteiger partial charge in [-0.15, -0.1) is 0 Å². The molecule has 0 spiro atoms. The fraction of sp³-hybridized carbons (Fsp3) is 0.583. The van der Waals surface area contributed by atoms with Gasteiger partial charge in [0.1, 0.15) is 10.3 Å². The molecule has 1 unspecified atom stereocenters. The van der Waals surface area contributed by atoms with Crippen LogP contribution in [-0.2, 0) is 6.54 Å². The van der Waals surface area contributed by atoms with Crippen LogP contribution in [0.4, 0.5) is 0 Å². The first kappa shape index (κ1) is 13.1. The van der Waals surface area contributed by atoms with Gasteiger partial charge in [0.25, 0.3) is 0 Å². The quantitative estimate of drug-likeness (QED) is 0.772. The highest BCUT2D eigenvalue weighted by Crippen LogP contribution is 2.20. The molecule has 0 saturated carbocycles. The van der Waals surface area contributed by atoms with Crippen molar-refractivity contribution in [2.45, 2.75) is 19.5 Å². The molecule has 1 aliphatic heterocycles. The van der Waals surface area contributed by atoms with Crippen LogP contribution in [-0.4, -0.2) is 47.5 Å². The molecule has 2 heterocycles. The number of piperazine rings is 1. The summed E-state index contributed by atoms with van der Waals surface area (Å²) < 4.78 is 0. The molecule has 0 bridgehead atoms. The van der Waals surface area contributed by atoms with E-state index in [0.29, 0.717) is 16.3 Å². The van der Waals surface area contributed by atoms with Gasteiger partial charge in [-0.3, -0.25) is 4.90 Å². The van der Waals surface area contributed by atoms with Gasteiger partial charge in [-0.1, -0.05) is 29.3 Å². The highest BCUT2D eigenvalue weighted by Gasteiger charge is 2.22. The van der Waals surface area contributed by atoms with Crippen LogP contribution in [0.25, 0.3) is 0 Å². The van der Waals surface area contributed by atoms with Gasteiger partial charge in [0, 0.05) is 37.8 Å². The van der Waals surface area contributed by atoms with E-state index in [1.165, 1.54) is 0 Å². The van der Waals surface area contributed by atoms with Crippen LogP contribution in [0.3, 0.4) is 0 Å². The van der Waals surface area contributed by atoms with Gasteiger partial charge in [0.15, 0.2) is 0 Å². The maximum Gasteiger partial charge on any atom is 0.135 e. The van der Waals surface area contributed by atoms with Crippen LogP contribution >= 0.6 is 23.2 Å². The zero-order valence-electron chi connectivity index (χ0n) is 10.2. The van der Waals surface area contributed by atoms with Crippen molar-refractivity contribution in [1.29, 1.82) is 0 Å². The van der Waals surface area contributed by atoms with Crippen LogP contribution in [0.2, 0.25) is 10.3 Å². The number of aromatic nitrogens is 1. The van der Waals surface area contributed by atoms with Crippen molar-refractivity contribution < 1.29 is 0 Å². The molecule has 0 radical (unpaired) electrons. The summed E-state index contributed by atoms with van der Waals surface area (Å²) in [5.41, 5.74) is 1.05. The third-order valence-electron chi connectivity index (χ3n) is 3.23. The summed E-state index contributed by atoms with van der Waals surface area (Å²) in [5.74, 6) is 0. The fourth-order valence-corrected chi connectivity index (χ4v) is 2.59. The number of rotatable bonds is 2. The van der Waals surface area contributed by atoms with E-state index >= 15 is 0 Å². The van der Waals surface area contributed by atoms with Crippen LogP contribution in [0.5, 0.6) is 0 Å². The minimum Gasteiger partial charge on any atom is -0.304 e. The SMILES string of the molecule is CC1CN(C)CCN1Cc1ccc(Cl)nc1Cl. The zero-order valence-corrected chi connectivity index (χ0v) is 11.7.